The Kier molecular flexibility index (Phi) is 5.03. The molecule has 0 aliphatic heterocycles. The van der Waals surface area contributed by atoms with Crippen LogP contribution >= 0.6 is 12.4 Å². The quantitative estimate of drug-likeness (QED) is 0.758. The van der Waals surface area contributed by atoms with Crippen LogP contribution in [0.4, 0.5) is 8.78 Å². The van der Waals surface area contributed by atoms with Crippen LogP contribution in [0.5, 0.6) is 0 Å². The number of hydrogen-bond acceptors (Lipinski definition) is 4. The number of alkyl halides is 2. The Hall–Kier alpha value is -1.29. The zero-order chi connectivity index (χ0) is 14.1. The van der Waals surface area contributed by atoms with Crippen LogP contribution < -0.4 is 10.5 Å². The highest BCUT2D eigenvalue weighted by atomic mass is 35.5. The number of nitrogens with zero attached hydrogens (tertiary/aromatic N) is 1. The van der Waals surface area contributed by atoms with Crippen LogP contribution in [0.2, 0.25) is 0 Å². The molecule has 0 spiro atoms. The fraction of sp³-hybridized carbons (Fsp3) is 0.300. The van der Waals surface area contributed by atoms with E-state index in [0.29, 0.717) is 11.0 Å². The summed E-state index contributed by atoms with van der Waals surface area (Å²) in [4.78, 5) is 6.47. The van der Waals surface area contributed by atoms with Gasteiger partial charge in [0.25, 0.3) is 5.92 Å². The molecule has 2 aromatic rings. The first-order valence-electron chi connectivity index (χ1n) is 5.35. The predicted molar refractivity (Wildman–Crippen MR) is 72.5 cm³/mol. The first-order chi connectivity index (χ1) is 8.86. The van der Waals surface area contributed by atoms with Gasteiger partial charge >= 0.3 is 0 Å². The van der Waals surface area contributed by atoms with E-state index in [0.717, 1.165) is 0 Å². The van der Waals surface area contributed by atoms with Crippen molar-refractivity contribution in [3.8, 4) is 0 Å². The molecule has 0 radical (unpaired) electrons. The van der Waals surface area contributed by atoms with E-state index in [-0.39, 0.29) is 17.3 Å². The van der Waals surface area contributed by atoms with Gasteiger partial charge in [0.15, 0.2) is 0 Å². The van der Waals surface area contributed by atoms with Crippen LogP contribution in [0.15, 0.2) is 29.4 Å². The van der Waals surface area contributed by atoms with Gasteiger partial charge in [0.1, 0.15) is 10.5 Å². The summed E-state index contributed by atoms with van der Waals surface area (Å²) in [5.74, 6) is -3.28. The van der Waals surface area contributed by atoms with Crippen molar-refractivity contribution in [2.45, 2.75) is 10.8 Å². The summed E-state index contributed by atoms with van der Waals surface area (Å²) in [7, 11) is -4.04. The van der Waals surface area contributed by atoms with E-state index in [4.69, 9.17) is 5.73 Å². The summed E-state index contributed by atoms with van der Waals surface area (Å²) in [5, 5.41) is 0.339. The molecule has 2 rings (SSSR count). The van der Waals surface area contributed by atoms with Gasteiger partial charge in [-0.1, -0.05) is 0 Å². The molecule has 0 aromatic carbocycles. The molecule has 0 fully saturated rings. The molecule has 0 aliphatic carbocycles. The van der Waals surface area contributed by atoms with E-state index in [9.17, 15) is 17.2 Å². The average Bonchev–Trinajstić information content (AvgIpc) is 2.81. The highest BCUT2D eigenvalue weighted by molar-refractivity contribution is 7.89. The largest absolute Gasteiger partial charge is 0.345 e. The van der Waals surface area contributed by atoms with Gasteiger partial charge in [-0.2, -0.15) is 0 Å². The Labute approximate surface area is 120 Å². The zero-order valence-corrected chi connectivity index (χ0v) is 11.8. The van der Waals surface area contributed by atoms with Crippen LogP contribution in [-0.2, 0) is 10.0 Å². The second kappa shape index (κ2) is 6.00. The van der Waals surface area contributed by atoms with E-state index in [1.807, 2.05) is 4.72 Å². The van der Waals surface area contributed by atoms with Crippen molar-refractivity contribution in [3.05, 3.63) is 24.5 Å². The van der Waals surface area contributed by atoms with Gasteiger partial charge in [0.2, 0.25) is 10.0 Å². The van der Waals surface area contributed by atoms with Crippen LogP contribution in [0.1, 0.15) is 0 Å². The van der Waals surface area contributed by atoms with Gasteiger partial charge in [0, 0.05) is 17.8 Å². The molecule has 6 nitrogen and oxygen atoms in total. The minimum absolute atomic E-state index is 0. The number of sulfonamides is 1. The summed E-state index contributed by atoms with van der Waals surface area (Å²) in [6, 6.07) is 3.10. The number of rotatable bonds is 5. The zero-order valence-electron chi connectivity index (χ0n) is 10.1. The fourth-order valence-electron chi connectivity index (χ4n) is 1.50. The van der Waals surface area contributed by atoms with E-state index in [1.165, 1.54) is 18.5 Å². The number of H-pyrrole nitrogens is 1. The molecular formula is C10H13ClF2N4O2S. The molecule has 0 atom stereocenters. The number of halogens is 3. The van der Waals surface area contributed by atoms with Crippen LogP contribution in [0.25, 0.3) is 11.0 Å². The Bertz CT molecular complexity index is 689. The average molecular weight is 327 g/mol. The summed E-state index contributed by atoms with van der Waals surface area (Å²) in [6.45, 7) is -1.97. The lowest BCUT2D eigenvalue weighted by molar-refractivity contribution is 0.0170. The van der Waals surface area contributed by atoms with E-state index in [1.54, 1.807) is 6.07 Å². The molecule has 0 saturated heterocycles. The summed E-state index contributed by atoms with van der Waals surface area (Å²) >= 11 is 0. The Morgan fingerprint density at radius 3 is 2.80 bits per heavy atom. The molecule has 112 valence electrons. The number of pyridine rings is 1. The first kappa shape index (κ1) is 16.8. The molecule has 20 heavy (non-hydrogen) atoms. The third-order valence-electron chi connectivity index (χ3n) is 2.52. The molecule has 0 bridgehead atoms. The Balaban J connectivity index is 0.00000200. The maximum atomic E-state index is 13.0. The number of hydrogen-bond donors (Lipinski definition) is 3. The lowest BCUT2D eigenvalue weighted by atomic mass is 10.3. The fourth-order valence-corrected chi connectivity index (χ4v) is 2.73. The third-order valence-corrected chi connectivity index (χ3v) is 3.96. The molecule has 0 amide bonds. The van der Waals surface area contributed by atoms with Gasteiger partial charge in [0.05, 0.1) is 13.1 Å². The van der Waals surface area contributed by atoms with Crippen molar-refractivity contribution in [3.63, 3.8) is 0 Å². The Morgan fingerprint density at radius 1 is 1.45 bits per heavy atom. The second-order valence-electron chi connectivity index (χ2n) is 3.94. The van der Waals surface area contributed by atoms with Crippen LogP contribution in [0.3, 0.4) is 0 Å². The number of fused-ring (bicyclic) bond motifs is 1. The van der Waals surface area contributed by atoms with Crippen molar-refractivity contribution in [2.75, 3.05) is 13.1 Å². The molecular weight excluding hydrogens is 314 g/mol. The van der Waals surface area contributed by atoms with Gasteiger partial charge in [-0.15, -0.1) is 12.4 Å². The molecule has 0 saturated carbocycles. The summed E-state index contributed by atoms with van der Waals surface area (Å²) in [6.07, 6.45) is 2.70. The molecule has 4 N–H and O–H groups in total. The lowest BCUT2D eigenvalue weighted by Gasteiger charge is -2.14. The first-order valence-corrected chi connectivity index (χ1v) is 6.84. The monoisotopic (exact) mass is 326 g/mol. The molecule has 2 heterocycles. The number of nitrogens with one attached hydrogen (secondary N) is 2. The number of aromatic amines is 1. The van der Waals surface area contributed by atoms with Crippen molar-refractivity contribution < 1.29 is 17.2 Å². The van der Waals surface area contributed by atoms with Crippen molar-refractivity contribution in [1.82, 2.24) is 14.7 Å². The van der Waals surface area contributed by atoms with Gasteiger partial charge in [-0.05, 0) is 12.1 Å². The summed E-state index contributed by atoms with van der Waals surface area (Å²) in [5.41, 5.74) is 5.21. The SMILES string of the molecule is Cl.NCC(F)(F)CNS(=O)(=O)c1c[nH]c2ncccc12. The van der Waals surface area contributed by atoms with Crippen molar-refractivity contribution >= 4 is 33.5 Å². The Morgan fingerprint density at radius 2 is 2.15 bits per heavy atom. The highest BCUT2D eigenvalue weighted by Gasteiger charge is 2.30. The molecule has 0 unspecified atom stereocenters. The standard InChI is InChI=1S/C10H12F2N4O2S.ClH/c11-10(12,5-13)6-16-19(17,18)8-4-15-9-7(8)2-1-3-14-9;/h1-4,16H,5-6,13H2,(H,14,15);1H. The predicted octanol–water partition coefficient (Wildman–Crippen LogP) is 0.857. The summed E-state index contributed by atoms with van der Waals surface area (Å²) < 4.78 is 51.6. The van der Waals surface area contributed by atoms with E-state index >= 15 is 0 Å². The minimum atomic E-state index is -4.04. The minimum Gasteiger partial charge on any atom is -0.345 e. The maximum absolute atomic E-state index is 13.0. The van der Waals surface area contributed by atoms with Gasteiger partial charge < -0.3 is 10.7 Å². The smallest absolute Gasteiger partial charge is 0.273 e. The highest BCUT2D eigenvalue weighted by Crippen LogP contribution is 2.21. The lowest BCUT2D eigenvalue weighted by Crippen LogP contribution is -2.41. The molecule has 0 aliphatic rings. The number of aromatic nitrogens is 2. The van der Waals surface area contributed by atoms with Crippen molar-refractivity contribution in [1.29, 1.82) is 0 Å². The van der Waals surface area contributed by atoms with E-state index in [2.05, 4.69) is 9.97 Å². The number of nitrogens with two attached hydrogens (primary N) is 1. The van der Waals surface area contributed by atoms with Crippen LogP contribution in [0, 0.1) is 0 Å². The second-order valence-corrected chi connectivity index (χ2v) is 5.67. The van der Waals surface area contributed by atoms with Gasteiger partial charge in [-0.25, -0.2) is 26.9 Å². The molecule has 10 heteroatoms. The topological polar surface area (TPSA) is 101 Å². The normalized spacial score (nSPS) is 12.3. The van der Waals surface area contributed by atoms with Gasteiger partial charge in [-0.3, -0.25) is 0 Å². The molecule has 2 aromatic heterocycles. The van der Waals surface area contributed by atoms with Crippen LogP contribution in [-0.4, -0.2) is 37.4 Å². The third kappa shape index (κ3) is 3.42. The van der Waals surface area contributed by atoms with E-state index < -0.39 is 29.0 Å². The maximum Gasteiger partial charge on any atom is 0.273 e. The van der Waals surface area contributed by atoms with Crippen molar-refractivity contribution in [2.24, 2.45) is 5.73 Å².